The van der Waals surface area contributed by atoms with Crippen LogP contribution in [0.1, 0.15) is 24.2 Å². The molecule has 164 valence electrons. The number of hydrogen-bond donors (Lipinski definition) is 0. The Labute approximate surface area is 191 Å². The van der Waals surface area contributed by atoms with Gasteiger partial charge >= 0.3 is 0 Å². The highest BCUT2D eigenvalue weighted by molar-refractivity contribution is 7.98. The Balaban J connectivity index is 1.43. The molecule has 8 heteroatoms. The molecule has 2 aromatic carbocycles. The lowest BCUT2D eigenvalue weighted by atomic mass is 10.1. The molecule has 1 saturated heterocycles. The van der Waals surface area contributed by atoms with Crippen molar-refractivity contribution in [2.45, 2.75) is 18.7 Å². The van der Waals surface area contributed by atoms with Crippen molar-refractivity contribution >= 4 is 44.4 Å². The minimum absolute atomic E-state index is 0.0255. The van der Waals surface area contributed by atoms with Gasteiger partial charge in [0.25, 0.3) is 5.91 Å². The molecule has 1 amide bonds. The quantitative estimate of drug-likeness (QED) is 0.476. The van der Waals surface area contributed by atoms with Gasteiger partial charge < -0.3 is 19.3 Å². The monoisotopic (exact) mass is 457 g/mol. The van der Waals surface area contributed by atoms with Gasteiger partial charge in [0, 0.05) is 36.6 Å². The molecule has 31 heavy (non-hydrogen) atoms. The van der Waals surface area contributed by atoms with E-state index in [9.17, 15) is 4.79 Å². The van der Waals surface area contributed by atoms with Crippen molar-refractivity contribution in [3.63, 3.8) is 0 Å². The number of thioether (sulfide) groups is 1. The fourth-order valence-electron chi connectivity index (χ4n) is 3.62. The maximum absolute atomic E-state index is 13.1. The third-order valence-corrected chi connectivity index (χ3v) is 7.02. The Morgan fingerprint density at radius 2 is 1.77 bits per heavy atom. The van der Waals surface area contributed by atoms with Crippen molar-refractivity contribution in [3.8, 4) is 11.5 Å². The average molecular weight is 458 g/mol. The van der Waals surface area contributed by atoms with Crippen molar-refractivity contribution in [1.29, 1.82) is 0 Å². The van der Waals surface area contributed by atoms with Gasteiger partial charge in [-0.15, -0.1) is 11.8 Å². The second-order valence-corrected chi connectivity index (χ2v) is 9.03. The van der Waals surface area contributed by atoms with E-state index in [0.29, 0.717) is 43.4 Å². The first-order valence-electron chi connectivity index (χ1n) is 10.5. The number of hydrogen-bond acceptors (Lipinski definition) is 7. The maximum atomic E-state index is 13.1. The van der Waals surface area contributed by atoms with Gasteiger partial charge in [0.05, 0.1) is 23.4 Å². The smallest absolute Gasteiger partial charge is 0.254 e. The number of piperazine rings is 1. The van der Waals surface area contributed by atoms with Gasteiger partial charge in [-0.1, -0.05) is 11.3 Å². The highest BCUT2D eigenvalue weighted by Gasteiger charge is 2.25. The lowest BCUT2D eigenvalue weighted by molar-refractivity contribution is 0.0746. The van der Waals surface area contributed by atoms with E-state index in [1.54, 1.807) is 29.2 Å². The Morgan fingerprint density at radius 1 is 1.03 bits per heavy atom. The number of carbonyl (C=O) groups excluding carboxylic acids is 1. The van der Waals surface area contributed by atoms with Gasteiger partial charge in [-0.05, 0) is 56.5 Å². The van der Waals surface area contributed by atoms with Gasteiger partial charge in [0.15, 0.2) is 16.6 Å². The summed E-state index contributed by atoms with van der Waals surface area (Å²) < 4.78 is 12.5. The Hall–Kier alpha value is -2.45. The van der Waals surface area contributed by atoms with Crippen molar-refractivity contribution in [2.75, 3.05) is 50.5 Å². The summed E-state index contributed by atoms with van der Waals surface area (Å²) in [5, 5.41) is 1.03. The molecule has 0 atom stereocenters. The number of ether oxygens (including phenoxy) is 2. The third kappa shape index (κ3) is 4.75. The van der Waals surface area contributed by atoms with E-state index in [1.807, 2.05) is 30.9 Å². The van der Waals surface area contributed by atoms with E-state index in [-0.39, 0.29) is 5.91 Å². The lowest BCUT2D eigenvalue weighted by Crippen LogP contribution is -2.48. The second kappa shape index (κ2) is 9.78. The predicted octanol–water partition coefficient (Wildman–Crippen LogP) is 4.78. The number of carbonyl (C=O) groups is 1. The second-order valence-electron chi connectivity index (χ2n) is 7.14. The number of aromatic nitrogens is 1. The molecule has 2 heterocycles. The standard InChI is InChI=1S/C23H27N3O3S2/c1-4-28-19-9-6-16(14-20(19)29-5-2)22(27)25-10-12-26(13-11-25)23-24-18-8-7-17(30-3)15-21(18)31-23/h6-9,14-15H,4-5,10-13H2,1-3H3. The molecule has 6 nitrogen and oxygen atoms in total. The SMILES string of the molecule is CCOc1ccc(C(=O)N2CCN(c3nc4ccc(SC)cc4s3)CC2)cc1OCC. The molecule has 0 aliphatic carbocycles. The number of benzene rings is 2. The average Bonchev–Trinajstić information content (AvgIpc) is 3.23. The van der Waals surface area contributed by atoms with Crippen molar-refractivity contribution < 1.29 is 14.3 Å². The van der Waals surface area contributed by atoms with Crippen LogP contribution in [-0.4, -0.2) is 61.4 Å². The van der Waals surface area contributed by atoms with Crippen LogP contribution >= 0.6 is 23.1 Å². The lowest BCUT2D eigenvalue weighted by Gasteiger charge is -2.34. The number of amides is 1. The number of fused-ring (bicyclic) bond motifs is 1. The fraction of sp³-hybridized carbons (Fsp3) is 0.391. The number of nitrogens with zero attached hydrogens (tertiary/aromatic N) is 3. The van der Waals surface area contributed by atoms with Crippen molar-refractivity contribution in [2.24, 2.45) is 0 Å². The van der Waals surface area contributed by atoms with Crippen LogP contribution in [0.4, 0.5) is 5.13 Å². The molecule has 1 aliphatic rings. The summed E-state index contributed by atoms with van der Waals surface area (Å²) in [6, 6.07) is 11.8. The molecule has 1 aromatic heterocycles. The molecule has 0 spiro atoms. The van der Waals surface area contributed by atoms with E-state index < -0.39 is 0 Å². The molecular formula is C23H27N3O3S2. The van der Waals surface area contributed by atoms with Gasteiger partial charge in [-0.2, -0.15) is 0 Å². The summed E-state index contributed by atoms with van der Waals surface area (Å²) >= 11 is 3.46. The minimum Gasteiger partial charge on any atom is -0.490 e. The van der Waals surface area contributed by atoms with E-state index in [4.69, 9.17) is 14.5 Å². The normalized spacial score (nSPS) is 14.2. The zero-order valence-corrected chi connectivity index (χ0v) is 19.7. The van der Waals surface area contributed by atoms with Crippen LogP contribution in [0, 0.1) is 0 Å². The summed E-state index contributed by atoms with van der Waals surface area (Å²) in [4.78, 5) is 23.3. The van der Waals surface area contributed by atoms with E-state index in [1.165, 1.54) is 9.60 Å². The van der Waals surface area contributed by atoms with Crippen LogP contribution in [-0.2, 0) is 0 Å². The molecule has 0 unspecified atom stereocenters. The first-order valence-corrected chi connectivity index (χ1v) is 12.6. The van der Waals surface area contributed by atoms with Crippen LogP contribution in [0.5, 0.6) is 11.5 Å². The first kappa shape index (κ1) is 21.8. The van der Waals surface area contributed by atoms with Gasteiger partial charge in [0.1, 0.15) is 0 Å². The molecule has 4 rings (SSSR count). The molecule has 0 bridgehead atoms. The summed E-state index contributed by atoms with van der Waals surface area (Å²) in [6.45, 7) is 7.82. The van der Waals surface area contributed by atoms with Gasteiger partial charge in [-0.25, -0.2) is 4.98 Å². The highest BCUT2D eigenvalue weighted by Crippen LogP contribution is 2.32. The molecule has 1 fully saturated rings. The van der Waals surface area contributed by atoms with Crippen LogP contribution in [0.15, 0.2) is 41.3 Å². The summed E-state index contributed by atoms with van der Waals surface area (Å²) in [5.74, 6) is 1.32. The van der Waals surface area contributed by atoms with E-state index in [0.717, 1.165) is 23.7 Å². The maximum Gasteiger partial charge on any atom is 0.254 e. The topological polar surface area (TPSA) is 54.9 Å². The zero-order valence-electron chi connectivity index (χ0n) is 18.1. The van der Waals surface area contributed by atoms with Crippen LogP contribution < -0.4 is 14.4 Å². The molecule has 0 N–H and O–H groups in total. The zero-order chi connectivity index (χ0) is 21.8. The predicted molar refractivity (Wildman–Crippen MR) is 128 cm³/mol. The summed E-state index contributed by atoms with van der Waals surface area (Å²) in [7, 11) is 0. The van der Waals surface area contributed by atoms with Crippen LogP contribution in [0.25, 0.3) is 10.2 Å². The minimum atomic E-state index is 0.0255. The van der Waals surface area contributed by atoms with Crippen molar-refractivity contribution in [1.82, 2.24) is 9.88 Å². The Kier molecular flexibility index (Phi) is 6.87. The largest absolute Gasteiger partial charge is 0.490 e. The number of thiazole rings is 1. The molecule has 0 radical (unpaired) electrons. The first-order chi connectivity index (χ1) is 15.1. The fourth-order valence-corrected chi connectivity index (χ4v) is 5.19. The Morgan fingerprint density at radius 3 is 2.48 bits per heavy atom. The third-order valence-electron chi connectivity index (χ3n) is 5.21. The number of anilines is 1. The highest BCUT2D eigenvalue weighted by atomic mass is 32.2. The van der Waals surface area contributed by atoms with E-state index >= 15 is 0 Å². The van der Waals surface area contributed by atoms with E-state index in [2.05, 4.69) is 29.4 Å². The molecule has 3 aromatic rings. The van der Waals surface area contributed by atoms with Crippen LogP contribution in [0.2, 0.25) is 0 Å². The van der Waals surface area contributed by atoms with Crippen LogP contribution in [0.3, 0.4) is 0 Å². The summed E-state index contributed by atoms with van der Waals surface area (Å²) in [6.07, 6.45) is 2.08. The Bertz CT molecular complexity index is 1060. The molecule has 1 aliphatic heterocycles. The van der Waals surface area contributed by atoms with Gasteiger partial charge in [-0.3, -0.25) is 4.79 Å². The molecule has 0 saturated carbocycles. The van der Waals surface area contributed by atoms with Gasteiger partial charge in [0.2, 0.25) is 0 Å². The summed E-state index contributed by atoms with van der Waals surface area (Å²) in [5.41, 5.74) is 1.67. The molecular weight excluding hydrogens is 430 g/mol. The number of rotatable bonds is 7. The van der Waals surface area contributed by atoms with Crippen molar-refractivity contribution in [3.05, 3.63) is 42.0 Å².